The third-order valence-corrected chi connectivity index (χ3v) is 4.10. The van der Waals surface area contributed by atoms with Gasteiger partial charge in [-0.25, -0.2) is 4.98 Å². The first-order chi connectivity index (χ1) is 12.1. The maximum absolute atomic E-state index is 11.1. The van der Waals surface area contributed by atoms with Crippen LogP contribution in [-0.4, -0.2) is 14.6 Å². The lowest BCUT2D eigenvalue weighted by atomic mass is 10.0. The van der Waals surface area contributed by atoms with Crippen LogP contribution in [-0.2, 0) is 11.4 Å². The van der Waals surface area contributed by atoms with Crippen molar-refractivity contribution in [3.63, 3.8) is 0 Å². The van der Waals surface area contributed by atoms with Gasteiger partial charge >= 0.3 is 0 Å². The highest BCUT2D eigenvalue weighted by molar-refractivity contribution is 9.10. The highest BCUT2D eigenvalue weighted by atomic mass is 79.9. The summed E-state index contributed by atoms with van der Waals surface area (Å²) in [7, 11) is 0. The summed E-state index contributed by atoms with van der Waals surface area (Å²) in [5, 5.41) is 10.3. The highest BCUT2D eigenvalue weighted by Crippen LogP contribution is 2.30. The lowest BCUT2D eigenvalue weighted by Crippen LogP contribution is -2.07. The number of halogens is 1. The van der Waals surface area contributed by atoms with Gasteiger partial charge < -0.3 is 4.57 Å². The Balaban J connectivity index is 2.17. The first-order valence-electron chi connectivity index (χ1n) is 7.46. The van der Waals surface area contributed by atoms with Crippen molar-refractivity contribution >= 4 is 27.3 Å². The Morgan fingerprint density at radius 2 is 1.84 bits per heavy atom. The molecule has 0 aliphatic heterocycles. The molecule has 6 nitrogen and oxygen atoms in total. The van der Waals surface area contributed by atoms with Gasteiger partial charge in [0.05, 0.1) is 12.9 Å². The Bertz CT molecular complexity index is 876. The van der Waals surface area contributed by atoms with Gasteiger partial charge in [-0.15, -0.1) is 10.1 Å². The molecule has 0 bridgehead atoms. The molecule has 0 saturated heterocycles. The van der Waals surface area contributed by atoms with E-state index in [1.165, 1.54) is 0 Å². The van der Waals surface area contributed by atoms with Gasteiger partial charge in [0.1, 0.15) is 5.76 Å². The molecule has 3 aromatic rings. The molecule has 0 aliphatic rings. The van der Waals surface area contributed by atoms with Crippen LogP contribution in [0.15, 0.2) is 77.8 Å². The lowest BCUT2D eigenvalue weighted by molar-refractivity contribution is -0.730. The van der Waals surface area contributed by atoms with Crippen molar-refractivity contribution < 1.29 is 9.92 Å². The predicted octanol–water partition coefficient (Wildman–Crippen LogP) is 4.42. The van der Waals surface area contributed by atoms with Crippen LogP contribution in [0.4, 0.5) is 0 Å². The van der Waals surface area contributed by atoms with Gasteiger partial charge in [0.25, 0.3) is 5.09 Å². The van der Waals surface area contributed by atoms with Gasteiger partial charge in [0.2, 0.25) is 0 Å². The highest BCUT2D eigenvalue weighted by Gasteiger charge is 2.16. The monoisotopic (exact) mass is 399 g/mol. The quantitative estimate of drug-likeness (QED) is 0.266. The average molecular weight is 400 g/mol. The molecule has 0 atom stereocenters. The van der Waals surface area contributed by atoms with Crippen molar-refractivity contribution in [1.29, 1.82) is 0 Å². The zero-order valence-corrected chi connectivity index (χ0v) is 14.7. The Morgan fingerprint density at radius 1 is 1.12 bits per heavy atom. The molecule has 0 spiro atoms. The van der Waals surface area contributed by atoms with E-state index < -0.39 is 5.09 Å². The van der Waals surface area contributed by atoms with E-state index in [-0.39, 0.29) is 5.76 Å². The summed E-state index contributed by atoms with van der Waals surface area (Å²) in [6.45, 7) is 0.389. The van der Waals surface area contributed by atoms with E-state index in [4.69, 9.17) is 4.84 Å². The number of imidazole rings is 1. The van der Waals surface area contributed by atoms with E-state index in [0.29, 0.717) is 17.7 Å². The molecule has 0 saturated carbocycles. The fourth-order valence-electron chi connectivity index (χ4n) is 2.45. The molecule has 0 N–H and O–H groups in total. The van der Waals surface area contributed by atoms with Gasteiger partial charge in [0, 0.05) is 28.0 Å². The van der Waals surface area contributed by atoms with E-state index in [1.54, 1.807) is 30.9 Å². The molecular formula is C18H14BrN3O3. The molecule has 1 aromatic heterocycles. The molecule has 2 aromatic carbocycles. The smallest absolute Gasteiger partial charge is 0.299 e. The van der Waals surface area contributed by atoms with Crippen molar-refractivity contribution in [2.45, 2.75) is 6.54 Å². The number of rotatable bonds is 6. The minimum absolute atomic E-state index is 0.210. The van der Waals surface area contributed by atoms with Crippen LogP contribution in [0.25, 0.3) is 11.3 Å². The fraction of sp³-hybridized carbons (Fsp3) is 0.0556. The number of benzene rings is 2. The summed E-state index contributed by atoms with van der Waals surface area (Å²) >= 11 is 3.41. The van der Waals surface area contributed by atoms with E-state index in [9.17, 15) is 10.1 Å². The number of allylic oxidation sites excluding steroid dienone is 1. The summed E-state index contributed by atoms with van der Waals surface area (Å²) in [6.07, 6.45) is 5.12. The molecule has 0 unspecified atom stereocenters. The minimum atomic E-state index is -0.783. The van der Waals surface area contributed by atoms with Crippen LogP contribution in [0.1, 0.15) is 11.1 Å². The summed E-state index contributed by atoms with van der Waals surface area (Å²) in [6, 6.07) is 16.6. The largest absolute Gasteiger partial charge is 0.333 e. The van der Waals surface area contributed by atoms with Crippen LogP contribution in [0.3, 0.4) is 0 Å². The Morgan fingerprint density at radius 3 is 2.44 bits per heavy atom. The number of aromatic nitrogens is 2. The molecule has 7 heteroatoms. The molecule has 126 valence electrons. The van der Waals surface area contributed by atoms with E-state index in [1.807, 2.05) is 47.0 Å². The minimum Gasteiger partial charge on any atom is -0.333 e. The molecule has 3 rings (SSSR count). The fourth-order valence-corrected chi connectivity index (χ4v) is 2.72. The van der Waals surface area contributed by atoms with Crippen LogP contribution >= 0.6 is 15.9 Å². The molecule has 0 amide bonds. The summed E-state index contributed by atoms with van der Waals surface area (Å²) in [4.78, 5) is 20.1. The molecule has 0 aliphatic carbocycles. The van der Waals surface area contributed by atoms with E-state index >= 15 is 0 Å². The topological polar surface area (TPSA) is 70.2 Å². The lowest BCUT2D eigenvalue weighted by Gasteiger charge is -2.15. The van der Waals surface area contributed by atoms with Gasteiger partial charge in [-0.05, 0) is 17.7 Å². The SMILES string of the molecule is O=[N+]([O-])OC(=C(Cn1ccnc1)c1ccc(Br)cc1)c1ccccc1. The Hall–Kier alpha value is -2.93. The van der Waals surface area contributed by atoms with Gasteiger partial charge in [-0.2, -0.15) is 0 Å². The normalized spacial score (nSPS) is 11.7. The third kappa shape index (κ3) is 4.33. The van der Waals surface area contributed by atoms with Crippen LogP contribution in [0, 0.1) is 10.1 Å². The summed E-state index contributed by atoms with van der Waals surface area (Å²) < 4.78 is 2.76. The van der Waals surface area contributed by atoms with Crippen molar-refractivity contribution in [3.05, 3.63) is 99.0 Å². The zero-order valence-electron chi connectivity index (χ0n) is 13.1. The molecule has 0 fully saturated rings. The molecule has 25 heavy (non-hydrogen) atoms. The van der Waals surface area contributed by atoms with Crippen LogP contribution < -0.4 is 0 Å². The first kappa shape index (κ1) is 16.9. The molecular weight excluding hydrogens is 386 g/mol. The van der Waals surface area contributed by atoms with Crippen molar-refractivity contribution in [2.75, 3.05) is 0 Å². The standard InChI is InChI=1S/C18H14BrN3O3/c19-16-8-6-14(7-9-16)17(12-21-11-10-20-13-21)18(25-22(23)24)15-4-2-1-3-5-15/h1-11,13H,12H2. The van der Waals surface area contributed by atoms with Crippen LogP contribution in [0.2, 0.25) is 0 Å². The second-order valence-corrected chi connectivity index (χ2v) is 6.15. The Kier molecular flexibility index (Phi) is 5.25. The average Bonchev–Trinajstić information content (AvgIpc) is 3.13. The van der Waals surface area contributed by atoms with Crippen molar-refractivity contribution in [3.8, 4) is 0 Å². The summed E-state index contributed by atoms with van der Waals surface area (Å²) in [5.41, 5.74) is 2.16. The zero-order chi connectivity index (χ0) is 17.6. The first-order valence-corrected chi connectivity index (χ1v) is 8.25. The number of hydrogen-bond donors (Lipinski definition) is 0. The molecule has 0 radical (unpaired) electrons. The Labute approximate surface area is 152 Å². The second-order valence-electron chi connectivity index (χ2n) is 5.23. The van der Waals surface area contributed by atoms with Crippen molar-refractivity contribution in [1.82, 2.24) is 9.55 Å². The number of hydrogen-bond acceptors (Lipinski definition) is 4. The van der Waals surface area contributed by atoms with Gasteiger partial charge in [0.15, 0.2) is 0 Å². The van der Waals surface area contributed by atoms with Gasteiger partial charge in [-0.1, -0.05) is 58.4 Å². The number of nitrogens with zero attached hydrogens (tertiary/aromatic N) is 3. The van der Waals surface area contributed by atoms with E-state index in [0.717, 1.165) is 10.0 Å². The van der Waals surface area contributed by atoms with Crippen molar-refractivity contribution in [2.24, 2.45) is 0 Å². The van der Waals surface area contributed by atoms with Crippen LogP contribution in [0.5, 0.6) is 0 Å². The maximum Gasteiger partial charge on any atom is 0.299 e. The second kappa shape index (κ2) is 7.76. The maximum atomic E-state index is 11.1. The predicted molar refractivity (Wildman–Crippen MR) is 97.7 cm³/mol. The third-order valence-electron chi connectivity index (χ3n) is 3.57. The van der Waals surface area contributed by atoms with E-state index in [2.05, 4.69) is 20.9 Å². The van der Waals surface area contributed by atoms with Gasteiger partial charge in [-0.3, -0.25) is 4.84 Å². The summed E-state index contributed by atoms with van der Waals surface area (Å²) in [5.74, 6) is 0.210. The molecule has 1 heterocycles.